The van der Waals surface area contributed by atoms with E-state index in [1.807, 2.05) is 23.1 Å². The number of aromatic nitrogens is 2. The van der Waals surface area contributed by atoms with E-state index < -0.39 is 0 Å². The first-order valence-corrected chi connectivity index (χ1v) is 11.8. The number of hydrogen-bond donors (Lipinski definition) is 0. The fourth-order valence-electron chi connectivity index (χ4n) is 3.76. The molecule has 0 aliphatic carbocycles. The van der Waals surface area contributed by atoms with E-state index in [1.54, 1.807) is 7.11 Å². The molecule has 0 N–H and O–H groups in total. The maximum Gasteiger partial charge on any atom is 0.224 e. The van der Waals surface area contributed by atoms with E-state index in [2.05, 4.69) is 36.1 Å². The van der Waals surface area contributed by atoms with Gasteiger partial charge in [0, 0.05) is 50.1 Å². The summed E-state index contributed by atoms with van der Waals surface area (Å²) in [5.41, 5.74) is 1.13. The number of nitrogens with zero attached hydrogens (tertiary/aromatic N) is 4. The Morgan fingerprint density at radius 2 is 2.13 bits per heavy atom. The van der Waals surface area contributed by atoms with Crippen molar-refractivity contribution in [1.82, 2.24) is 14.3 Å². The molecule has 7 heteroatoms. The molecular formula is C23H34N4O2S. The molecule has 0 bridgehead atoms. The summed E-state index contributed by atoms with van der Waals surface area (Å²) in [6, 6.07) is 8.32. The highest BCUT2D eigenvalue weighted by Gasteiger charge is 2.23. The number of piperidine rings is 1. The van der Waals surface area contributed by atoms with Crippen LogP contribution in [0, 0.1) is 5.92 Å². The van der Waals surface area contributed by atoms with Gasteiger partial charge in [0.25, 0.3) is 0 Å². The first kappa shape index (κ1) is 22.5. The number of anilines is 1. The van der Waals surface area contributed by atoms with Gasteiger partial charge in [0.1, 0.15) is 11.6 Å². The summed E-state index contributed by atoms with van der Waals surface area (Å²) in [6.07, 6.45) is 4.44. The number of carbonyl (C=O) groups is 1. The summed E-state index contributed by atoms with van der Waals surface area (Å²) in [5, 5.41) is 0.905. The van der Waals surface area contributed by atoms with Gasteiger partial charge in [-0.2, -0.15) is 4.37 Å². The minimum absolute atomic E-state index is 0.260. The van der Waals surface area contributed by atoms with E-state index in [0.717, 1.165) is 60.5 Å². The van der Waals surface area contributed by atoms with Crippen LogP contribution in [0.5, 0.6) is 5.75 Å². The van der Waals surface area contributed by atoms with Crippen LogP contribution >= 0.6 is 11.5 Å². The van der Waals surface area contributed by atoms with Crippen molar-refractivity contribution >= 4 is 22.6 Å². The Hall–Kier alpha value is -2.15. The summed E-state index contributed by atoms with van der Waals surface area (Å²) >= 11 is 1.43. The van der Waals surface area contributed by atoms with Crippen molar-refractivity contribution in [3.63, 3.8) is 0 Å². The first-order valence-electron chi connectivity index (χ1n) is 11.0. The van der Waals surface area contributed by atoms with E-state index in [1.165, 1.54) is 11.5 Å². The monoisotopic (exact) mass is 430 g/mol. The summed E-state index contributed by atoms with van der Waals surface area (Å²) in [4.78, 5) is 21.8. The highest BCUT2D eigenvalue weighted by molar-refractivity contribution is 7.09. The van der Waals surface area contributed by atoms with Crippen molar-refractivity contribution in [2.45, 2.75) is 58.9 Å². The maximum atomic E-state index is 12.7. The lowest BCUT2D eigenvalue weighted by atomic mass is 9.99. The molecule has 3 rings (SSSR count). The molecule has 1 amide bonds. The third-order valence-electron chi connectivity index (χ3n) is 6.03. The molecule has 0 saturated carbocycles. The molecule has 1 aromatic carbocycles. The van der Waals surface area contributed by atoms with Crippen molar-refractivity contribution in [3.8, 4) is 5.75 Å². The minimum Gasteiger partial charge on any atom is -0.497 e. The Bertz CT molecular complexity index is 817. The van der Waals surface area contributed by atoms with Gasteiger partial charge in [0.2, 0.25) is 11.0 Å². The lowest BCUT2D eigenvalue weighted by Crippen LogP contribution is -2.41. The summed E-state index contributed by atoms with van der Waals surface area (Å²) in [6.45, 7) is 9.11. The Labute approximate surface area is 184 Å². The number of methoxy groups -OCH3 is 1. The van der Waals surface area contributed by atoms with Crippen molar-refractivity contribution in [2.24, 2.45) is 5.92 Å². The Kier molecular flexibility index (Phi) is 8.08. The molecule has 1 fully saturated rings. The average Bonchev–Trinajstić information content (AvgIpc) is 3.22. The third-order valence-corrected chi connectivity index (χ3v) is 6.82. The predicted molar refractivity (Wildman–Crippen MR) is 122 cm³/mol. The van der Waals surface area contributed by atoms with Crippen LogP contribution in [-0.2, 0) is 11.2 Å². The van der Waals surface area contributed by atoms with Gasteiger partial charge in [-0.1, -0.05) is 26.0 Å². The van der Waals surface area contributed by atoms with Gasteiger partial charge in [-0.25, -0.2) is 4.98 Å². The lowest BCUT2D eigenvalue weighted by Gasteiger charge is -2.32. The predicted octanol–water partition coefficient (Wildman–Crippen LogP) is 4.39. The molecule has 1 atom stereocenters. The zero-order valence-electron chi connectivity index (χ0n) is 18.6. The molecule has 30 heavy (non-hydrogen) atoms. The average molecular weight is 431 g/mol. The van der Waals surface area contributed by atoms with E-state index in [-0.39, 0.29) is 5.91 Å². The first-order chi connectivity index (χ1) is 14.5. The molecule has 6 nitrogen and oxygen atoms in total. The maximum absolute atomic E-state index is 12.7. The topological polar surface area (TPSA) is 58.6 Å². The second-order valence-corrected chi connectivity index (χ2v) is 9.02. The van der Waals surface area contributed by atoms with Crippen LogP contribution in [0.1, 0.15) is 57.8 Å². The SMILES string of the molecule is CC[C@@H](C)N(CCC(=O)N1CCC(C)CC1)c1nc(Cc2cccc(OC)c2)ns1. The van der Waals surface area contributed by atoms with Gasteiger partial charge in [0.05, 0.1) is 7.11 Å². The van der Waals surface area contributed by atoms with E-state index in [4.69, 9.17) is 9.72 Å². The van der Waals surface area contributed by atoms with Crippen LogP contribution in [0.15, 0.2) is 24.3 Å². The number of amides is 1. The van der Waals surface area contributed by atoms with E-state index >= 15 is 0 Å². The fraction of sp³-hybridized carbons (Fsp3) is 0.609. The van der Waals surface area contributed by atoms with Crippen molar-refractivity contribution in [2.75, 3.05) is 31.6 Å². The molecule has 1 aliphatic heterocycles. The van der Waals surface area contributed by atoms with Gasteiger partial charge < -0.3 is 14.5 Å². The minimum atomic E-state index is 0.260. The highest BCUT2D eigenvalue weighted by atomic mass is 32.1. The molecule has 2 heterocycles. The standard InChI is InChI=1S/C23H34N4O2S/c1-5-18(3)27(14-11-22(28)26-12-9-17(2)10-13-26)23-24-21(25-30-23)16-19-7-6-8-20(15-19)29-4/h6-8,15,17-18H,5,9-14,16H2,1-4H3/t18-/m1/s1. The molecule has 1 aromatic heterocycles. The zero-order valence-corrected chi connectivity index (χ0v) is 19.5. The fourth-order valence-corrected chi connectivity index (χ4v) is 4.57. The van der Waals surface area contributed by atoms with Gasteiger partial charge >= 0.3 is 0 Å². The second kappa shape index (κ2) is 10.8. The number of ether oxygens (including phenoxy) is 1. The van der Waals surface area contributed by atoms with Gasteiger partial charge in [-0.05, 0) is 49.8 Å². The molecular weight excluding hydrogens is 396 g/mol. The third kappa shape index (κ3) is 5.94. The summed E-state index contributed by atoms with van der Waals surface area (Å²) in [7, 11) is 1.67. The van der Waals surface area contributed by atoms with Crippen molar-refractivity contribution in [3.05, 3.63) is 35.7 Å². The molecule has 0 radical (unpaired) electrons. The Morgan fingerprint density at radius 3 is 2.83 bits per heavy atom. The molecule has 1 aliphatic rings. The Morgan fingerprint density at radius 1 is 1.37 bits per heavy atom. The molecule has 0 spiro atoms. The van der Waals surface area contributed by atoms with Gasteiger partial charge in [0.15, 0.2) is 0 Å². The van der Waals surface area contributed by atoms with Crippen molar-refractivity contribution < 1.29 is 9.53 Å². The Balaban J connectivity index is 1.63. The number of carbonyl (C=O) groups excluding carboxylic acids is 1. The highest BCUT2D eigenvalue weighted by Crippen LogP contribution is 2.24. The van der Waals surface area contributed by atoms with Crippen LogP contribution < -0.4 is 9.64 Å². The van der Waals surface area contributed by atoms with E-state index in [9.17, 15) is 4.79 Å². The quantitative estimate of drug-likeness (QED) is 0.590. The molecule has 164 valence electrons. The van der Waals surface area contributed by atoms with Crippen LogP contribution in [0.3, 0.4) is 0 Å². The van der Waals surface area contributed by atoms with Gasteiger partial charge in [-0.15, -0.1) is 0 Å². The summed E-state index contributed by atoms with van der Waals surface area (Å²) in [5.74, 6) is 2.65. The number of rotatable bonds is 9. The number of likely N-dealkylation sites (tertiary alicyclic amines) is 1. The summed E-state index contributed by atoms with van der Waals surface area (Å²) < 4.78 is 9.89. The van der Waals surface area contributed by atoms with Gasteiger partial charge in [-0.3, -0.25) is 4.79 Å². The second-order valence-electron chi connectivity index (χ2n) is 8.29. The zero-order chi connectivity index (χ0) is 21.5. The van der Waals surface area contributed by atoms with Crippen LogP contribution in [-0.4, -0.2) is 53.0 Å². The normalized spacial score (nSPS) is 15.8. The molecule has 1 saturated heterocycles. The van der Waals surface area contributed by atoms with Crippen molar-refractivity contribution in [1.29, 1.82) is 0 Å². The lowest BCUT2D eigenvalue weighted by molar-refractivity contribution is -0.132. The molecule has 2 aromatic rings. The van der Waals surface area contributed by atoms with E-state index in [0.29, 0.717) is 25.4 Å². The van der Waals surface area contributed by atoms with Crippen LogP contribution in [0.2, 0.25) is 0 Å². The smallest absolute Gasteiger partial charge is 0.224 e. The molecule has 0 unspecified atom stereocenters. The van der Waals surface area contributed by atoms with Crippen LogP contribution in [0.25, 0.3) is 0 Å². The van der Waals surface area contributed by atoms with Crippen LogP contribution in [0.4, 0.5) is 5.13 Å². The number of hydrogen-bond acceptors (Lipinski definition) is 6. The number of benzene rings is 1. The largest absolute Gasteiger partial charge is 0.497 e.